The van der Waals surface area contributed by atoms with Crippen molar-refractivity contribution in [1.29, 1.82) is 5.26 Å². The first kappa shape index (κ1) is 16.4. The molecule has 0 saturated carbocycles. The number of ether oxygens (including phenoxy) is 2. The largest absolute Gasteiger partial charge is 0.466 e. The van der Waals surface area contributed by atoms with Gasteiger partial charge in [-0.3, -0.25) is 9.59 Å². The van der Waals surface area contributed by atoms with Gasteiger partial charge < -0.3 is 9.47 Å². The molecule has 0 amide bonds. The third-order valence-corrected chi connectivity index (χ3v) is 2.25. The molecular formula is C13H21NO4. The van der Waals surface area contributed by atoms with Crippen LogP contribution < -0.4 is 0 Å². The van der Waals surface area contributed by atoms with Crippen LogP contribution in [0.4, 0.5) is 0 Å². The van der Waals surface area contributed by atoms with E-state index in [1.807, 2.05) is 13.0 Å². The van der Waals surface area contributed by atoms with Gasteiger partial charge in [-0.25, -0.2) is 0 Å². The monoisotopic (exact) mass is 255 g/mol. The van der Waals surface area contributed by atoms with Crippen LogP contribution in [-0.4, -0.2) is 25.2 Å². The number of hydrogen-bond donors (Lipinski definition) is 0. The van der Waals surface area contributed by atoms with E-state index in [-0.39, 0.29) is 31.4 Å². The predicted octanol–water partition coefficient (Wildman–Crippen LogP) is 2.35. The van der Waals surface area contributed by atoms with Crippen LogP contribution in [0.2, 0.25) is 0 Å². The summed E-state index contributed by atoms with van der Waals surface area (Å²) in [5, 5.41) is 8.25. The minimum atomic E-state index is -0.315. The van der Waals surface area contributed by atoms with Crippen LogP contribution in [-0.2, 0) is 19.1 Å². The number of nitriles is 1. The van der Waals surface area contributed by atoms with E-state index in [1.54, 1.807) is 0 Å². The van der Waals surface area contributed by atoms with Crippen molar-refractivity contribution in [3.63, 3.8) is 0 Å². The van der Waals surface area contributed by atoms with Crippen LogP contribution in [0.1, 0.15) is 51.9 Å². The van der Waals surface area contributed by atoms with Gasteiger partial charge in [-0.2, -0.15) is 5.26 Å². The van der Waals surface area contributed by atoms with Gasteiger partial charge in [0.2, 0.25) is 0 Å². The molecule has 0 aromatic rings. The van der Waals surface area contributed by atoms with Crippen molar-refractivity contribution in [1.82, 2.24) is 0 Å². The van der Waals surface area contributed by atoms with Crippen LogP contribution in [0.5, 0.6) is 0 Å². The van der Waals surface area contributed by atoms with Crippen LogP contribution in [0, 0.1) is 11.3 Å². The lowest BCUT2D eigenvalue weighted by atomic mass is 10.2. The van der Waals surface area contributed by atoms with E-state index < -0.39 is 0 Å². The molecule has 0 aromatic carbocycles. The molecule has 0 aliphatic rings. The fourth-order valence-corrected chi connectivity index (χ4v) is 1.22. The summed E-state index contributed by atoms with van der Waals surface area (Å²) >= 11 is 0. The van der Waals surface area contributed by atoms with Gasteiger partial charge in [0.1, 0.15) is 6.61 Å². The highest BCUT2D eigenvalue weighted by Gasteiger charge is 2.05. The van der Waals surface area contributed by atoms with Crippen LogP contribution in [0.15, 0.2) is 0 Å². The minimum Gasteiger partial charge on any atom is -0.466 e. The fourth-order valence-electron chi connectivity index (χ4n) is 1.22. The second-order valence-electron chi connectivity index (χ2n) is 3.91. The second-order valence-corrected chi connectivity index (χ2v) is 3.91. The Labute approximate surface area is 108 Å². The molecule has 0 fully saturated rings. The molecule has 0 spiro atoms. The highest BCUT2D eigenvalue weighted by molar-refractivity contribution is 5.70. The molecular weight excluding hydrogens is 234 g/mol. The van der Waals surface area contributed by atoms with Gasteiger partial charge in [0.05, 0.1) is 19.1 Å². The number of unbranched alkanes of at least 4 members (excludes halogenated alkanes) is 2. The molecule has 5 heteroatoms. The average molecular weight is 255 g/mol. The molecule has 0 radical (unpaired) electrons. The SMILES string of the molecule is CCCCOC(=O)CCCCC(=O)OCCC#N. The zero-order chi connectivity index (χ0) is 13.6. The van der Waals surface area contributed by atoms with E-state index >= 15 is 0 Å². The van der Waals surface area contributed by atoms with Gasteiger partial charge in [-0.05, 0) is 19.3 Å². The normalized spacial score (nSPS) is 9.56. The molecule has 0 heterocycles. The highest BCUT2D eigenvalue weighted by atomic mass is 16.5. The van der Waals surface area contributed by atoms with Crippen molar-refractivity contribution in [3.05, 3.63) is 0 Å². The summed E-state index contributed by atoms with van der Waals surface area (Å²) in [6, 6.07) is 1.89. The molecule has 0 atom stereocenters. The smallest absolute Gasteiger partial charge is 0.305 e. The number of nitrogens with zero attached hydrogens (tertiary/aromatic N) is 1. The molecule has 0 saturated heterocycles. The van der Waals surface area contributed by atoms with Gasteiger partial charge in [0, 0.05) is 12.8 Å². The fraction of sp³-hybridized carbons (Fsp3) is 0.769. The Kier molecular flexibility index (Phi) is 10.9. The first-order valence-corrected chi connectivity index (χ1v) is 6.39. The summed E-state index contributed by atoms with van der Waals surface area (Å²) in [6.07, 6.45) is 3.96. The molecule has 0 bridgehead atoms. The number of carbonyl (C=O) groups is 2. The summed E-state index contributed by atoms with van der Waals surface area (Å²) < 4.78 is 9.77. The maximum absolute atomic E-state index is 11.2. The molecule has 0 N–H and O–H groups in total. The van der Waals surface area contributed by atoms with E-state index in [0.717, 1.165) is 12.8 Å². The minimum absolute atomic E-state index is 0.147. The van der Waals surface area contributed by atoms with Crippen LogP contribution >= 0.6 is 0 Å². The molecule has 18 heavy (non-hydrogen) atoms. The van der Waals surface area contributed by atoms with Gasteiger partial charge in [0.25, 0.3) is 0 Å². The second kappa shape index (κ2) is 11.9. The summed E-state index contributed by atoms with van der Waals surface area (Å²) in [5.41, 5.74) is 0. The molecule has 102 valence electrons. The zero-order valence-electron chi connectivity index (χ0n) is 10.9. The summed E-state index contributed by atoms with van der Waals surface area (Å²) in [5.74, 6) is -0.522. The highest BCUT2D eigenvalue weighted by Crippen LogP contribution is 2.03. The van der Waals surface area contributed by atoms with E-state index in [9.17, 15) is 9.59 Å². The number of carbonyl (C=O) groups excluding carboxylic acids is 2. The standard InChI is InChI=1S/C13H21NO4/c1-2-3-10-17-12(15)7-4-5-8-13(16)18-11-6-9-14/h2-8,10-11H2,1H3. The van der Waals surface area contributed by atoms with E-state index in [4.69, 9.17) is 14.7 Å². The topological polar surface area (TPSA) is 76.4 Å². The van der Waals surface area contributed by atoms with Gasteiger partial charge in [0.15, 0.2) is 0 Å². The molecule has 0 aliphatic heterocycles. The van der Waals surface area contributed by atoms with Crippen molar-refractivity contribution >= 4 is 11.9 Å². The van der Waals surface area contributed by atoms with E-state index in [2.05, 4.69) is 0 Å². The van der Waals surface area contributed by atoms with Crippen LogP contribution in [0.3, 0.4) is 0 Å². The Morgan fingerprint density at radius 2 is 1.56 bits per heavy atom. The Morgan fingerprint density at radius 1 is 1.00 bits per heavy atom. The predicted molar refractivity (Wildman–Crippen MR) is 65.5 cm³/mol. The maximum Gasteiger partial charge on any atom is 0.305 e. The summed E-state index contributed by atoms with van der Waals surface area (Å²) in [7, 11) is 0. The van der Waals surface area contributed by atoms with Crippen molar-refractivity contribution in [2.75, 3.05) is 13.2 Å². The quantitative estimate of drug-likeness (QED) is 0.442. The van der Waals surface area contributed by atoms with Gasteiger partial charge in [-0.15, -0.1) is 0 Å². The lowest BCUT2D eigenvalue weighted by Gasteiger charge is -2.04. The first-order chi connectivity index (χ1) is 8.70. The third kappa shape index (κ3) is 10.9. The average Bonchev–Trinajstić information content (AvgIpc) is 2.35. The van der Waals surface area contributed by atoms with E-state index in [1.165, 1.54) is 0 Å². The Morgan fingerprint density at radius 3 is 2.06 bits per heavy atom. The molecule has 0 unspecified atom stereocenters. The molecule has 0 aromatic heterocycles. The molecule has 5 nitrogen and oxygen atoms in total. The van der Waals surface area contributed by atoms with Gasteiger partial charge in [-0.1, -0.05) is 13.3 Å². The van der Waals surface area contributed by atoms with Crippen molar-refractivity contribution in [2.45, 2.75) is 51.9 Å². The van der Waals surface area contributed by atoms with Crippen LogP contribution in [0.25, 0.3) is 0 Å². The first-order valence-electron chi connectivity index (χ1n) is 6.39. The number of rotatable bonds is 10. The Hall–Kier alpha value is -1.57. The Balaban J connectivity index is 3.36. The lowest BCUT2D eigenvalue weighted by molar-refractivity contribution is -0.145. The summed E-state index contributed by atoms with van der Waals surface area (Å²) in [6.45, 7) is 2.66. The van der Waals surface area contributed by atoms with Gasteiger partial charge >= 0.3 is 11.9 Å². The number of esters is 2. The van der Waals surface area contributed by atoms with Crippen molar-refractivity contribution in [3.8, 4) is 6.07 Å². The van der Waals surface area contributed by atoms with Crippen molar-refractivity contribution < 1.29 is 19.1 Å². The molecule has 0 rings (SSSR count). The number of hydrogen-bond acceptors (Lipinski definition) is 5. The Bertz CT molecular complexity index is 283. The molecule has 0 aliphatic carbocycles. The maximum atomic E-state index is 11.2. The lowest BCUT2D eigenvalue weighted by Crippen LogP contribution is -2.07. The van der Waals surface area contributed by atoms with Crippen molar-refractivity contribution in [2.24, 2.45) is 0 Å². The third-order valence-electron chi connectivity index (χ3n) is 2.25. The summed E-state index contributed by atoms with van der Waals surface area (Å²) in [4.78, 5) is 22.3. The zero-order valence-corrected chi connectivity index (χ0v) is 10.9. The van der Waals surface area contributed by atoms with E-state index in [0.29, 0.717) is 25.9 Å².